The first kappa shape index (κ1) is 14.1. The monoisotopic (exact) mass is 236 g/mol. The predicted octanol–water partition coefficient (Wildman–Crippen LogP) is 2.28. The van der Waals surface area contributed by atoms with Gasteiger partial charge in [-0.15, -0.1) is 0 Å². The van der Waals surface area contributed by atoms with Gasteiger partial charge in [-0.25, -0.2) is 0 Å². The summed E-state index contributed by atoms with van der Waals surface area (Å²) in [6, 6.07) is 4.14. The van der Waals surface area contributed by atoms with Gasteiger partial charge in [-0.05, 0) is 43.9 Å². The highest BCUT2D eigenvalue weighted by Crippen LogP contribution is 2.09. The molecule has 0 spiro atoms. The standard InChI is InChI=1S/C14H24N2O/c1-3-4-13(7-8-17)9-15-10-14-6-5-12(2)16-11-14/h5-6,11,13,15,17H,3-4,7-10H2,1-2H3. The van der Waals surface area contributed by atoms with Crippen molar-refractivity contribution in [1.82, 2.24) is 10.3 Å². The zero-order valence-electron chi connectivity index (χ0n) is 10.9. The van der Waals surface area contributed by atoms with E-state index in [1.165, 1.54) is 18.4 Å². The summed E-state index contributed by atoms with van der Waals surface area (Å²) in [5.41, 5.74) is 2.27. The summed E-state index contributed by atoms with van der Waals surface area (Å²) in [6.07, 6.45) is 5.17. The first-order valence-electron chi connectivity index (χ1n) is 6.49. The number of aryl methyl sites for hydroxylation is 1. The summed E-state index contributed by atoms with van der Waals surface area (Å²) >= 11 is 0. The molecule has 0 radical (unpaired) electrons. The molecule has 0 fully saturated rings. The quantitative estimate of drug-likeness (QED) is 0.728. The number of aromatic nitrogens is 1. The average Bonchev–Trinajstić information content (AvgIpc) is 2.32. The Balaban J connectivity index is 2.27. The van der Waals surface area contributed by atoms with Crippen LogP contribution < -0.4 is 5.32 Å². The Hall–Kier alpha value is -0.930. The fraction of sp³-hybridized carbons (Fsp3) is 0.643. The summed E-state index contributed by atoms with van der Waals surface area (Å²) < 4.78 is 0. The van der Waals surface area contributed by atoms with Crippen LogP contribution in [0.1, 0.15) is 37.4 Å². The Labute approximate surface area is 104 Å². The van der Waals surface area contributed by atoms with Gasteiger partial charge in [0.05, 0.1) is 0 Å². The minimum absolute atomic E-state index is 0.290. The third kappa shape index (κ3) is 5.80. The van der Waals surface area contributed by atoms with Crippen molar-refractivity contribution in [3.63, 3.8) is 0 Å². The molecule has 1 unspecified atom stereocenters. The Kier molecular flexibility index (Phi) is 6.82. The third-order valence-electron chi connectivity index (χ3n) is 2.97. The molecule has 1 rings (SSSR count). The van der Waals surface area contributed by atoms with Crippen molar-refractivity contribution in [2.75, 3.05) is 13.2 Å². The van der Waals surface area contributed by atoms with Gasteiger partial charge in [0.25, 0.3) is 0 Å². The molecule has 0 saturated heterocycles. The number of pyridine rings is 1. The molecule has 1 atom stereocenters. The predicted molar refractivity (Wildman–Crippen MR) is 70.8 cm³/mol. The van der Waals surface area contributed by atoms with Crippen LogP contribution in [-0.2, 0) is 6.54 Å². The SMILES string of the molecule is CCCC(CCO)CNCc1ccc(C)nc1. The molecule has 17 heavy (non-hydrogen) atoms. The van der Waals surface area contributed by atoms with Crippen LogP contribution in [0, 0.1) is 12.8 Å². The number of aliphatic hydroxyl groups is 1. The van der Waals surface area contributed by atoms with Crippen LogP contribution in [0.15, 0.2) is 18.3 Å². The molecule has 0 aliphatic heterocycles. The maximum Gasteiger partial charge on any atom is 0.0434 e. The van der Waals surface area contributed by atoms with Crippen molar-refractivity contribution in [2.24, 2.45) is 5.92 Å². The second-order valence-electron chi connectivity index (χ2n) is 4.61. The molecule has 0 amide bonds. The van der Waals surface area contributed by atoms with Crippen LogP contribution in [0.5, 0.6) is 0 Å². The molecule has 3 heteroatoms. The molecule has 1 heterocycles. The molecular weight excluding hydrogens is 212 g/mol. The van der Waals surface area contributed by atoms with Gasteiger partial charge in [-0.3, -0.25) is 4.98 Å². The van der Waals surface area contributed by atoms with Crippen LogP contribution >= 0.6 is 0 Å². The Morgan fingerprint density at radius 1 is 1.35 bits per heavy atom. The molecule has 0 aliphatic carbocycles. The molecule has 0 saturated carbocycles. The summed E-state index contributed by atoms with van der Waals surface area (Å²) in [6.45, 7) is 6.31. The van der Waals surface area contributed by atoms with Crippen molar-refractivity contribution in [1.29, 1.82) is 0 Å². The van der Waals surface area contributed by atoms with E-state index >= 15 is 0 Å². The second kappa shape index (κ2) is 8.20. The molecule has 0 aliphatic rings. The van der Waals surface area contributed by atoms with E-state index in [0.717, 1.165) is 25.2 Å². The molecule has 2 N–H and O–H groups in total. The topological polar surface area (TPSA) is 45.1 Å². The molecular formula is C14H24N2O. The number of nitrogens with one attached hydrogen (secondary N) is 1. The molecule has 1 aromatic rings. The highest BCUT2D eigenvalue weighted by Gasteiger charge is 2.06. The van der Waals surface area contributed by atoms with E-state index < -0.39 is 0 Å². The zero-order chi connectivity index (χ0) is 12.5. The lowest BCUT2D eigenvalue weighted by molar-refractivity contribution is 0.248. The van der Waals surface area contributed by atoms with Crippen LogP contribution in [0.3, 0.4) is 0 Å². The number of nitrogens with zero attached hydrogens (tertiary/aromatic N) is 1. The lowest BCUT2D eigenvalue weighted by Gasteiger charge is -2.15. The van der Waals surface area contributed by atoms with Crippen LogP contribution in [-0.4, -0.2) is 23.2 Å². The van der Waals surface area contributed by atoms with Crippen LogP contribution in [0.2, 0.25) is 0 Å². The van der Waals surface area contributed by atoms with Gasteiger partial charge in [0.1, 0.15) is 0 Å². The van der Waals surface area contributed by atoms with Crippen LogP contribution in [0.25, 0.3) is 0 Å². The maximum absolute atomic E-state index is 8.97. The fourth-order valence-corrected chi connectivity index (χ4v) is 1.96. The summed E-state index contributed by atoms with van der Waals surface area (Å²) in [5, 5.41) is 12.4. The largest absolute Gasteiger partial charge is 0.396 e. The number of aliphatic hydroxyl groups excluding tert-OH is 1. The molecule has 0 bridgehead atoms. The van der Waals surface area contributed by atoms with E-state index in [-0.39, 0.29) is 0 Å². The van der Waals surface area contributed by atoms with Crippen molar-refractivity contribution in [3.05, 3.63) is 29.6 Å². The first-order chi connectivity index (χ1) is 8.26. The minimum Gasteiger partial charge on any atom is -0.396 e. The lowest BCUT2D eigenvalue weighted by Crippen LogP contribution is -2.23. The smallest absolute Gasteiger partial charge is 0.0434 e. The van der Waals surface area contributed by atoms with Gasteiger partial charge in [0, 0.05) is 25.0 Å². The van der Waals surface area contributed by atoms with E-state index in [2.05, 4.69) is 23.3 Å². The fourth-order valence-electron chi connectivity index (χ4n) is 1.96. The highest BCUT2D eigenvalue weighted by molar-refractivity contribution is 5.12. The van der Waals surface area contributed by atoms with Gasteiger partial charge >= 0.3 is 0 Å². The molecule has 1 aromatic heterocycles. The van der Waals surface area contributed by atoms with Crippen molar-refractivity contribution < 1.29 is 5.11 Å². The Bertz CT molecular complexity index is 292. The molecule has 3 nitrogen and oxygen atoms in total. The zero-order valence-corrected chi connectivity index (χ0v) is 10.9. The first-order valence-corrected chi connectivity index (χ1v) is 6.49. The van der Waals surface area contributed by atoms with Crippen molar-refractivity contribution >= 4 is 0 Å². The number of hydrogen-bond acceptors (Lipinski definition) is 3. The highest BCUT2D eigenvalue weighted by atomic mass is 16.3. The third-order valence-corrected chi connectivity index (χ3v) is 2.97. The second-order valence-corrected chi connectivity index (χ2v) is 4.61. The van der Waals surface area contributed by atoms with Crippen molar-refractivity contribution in [3.8, 4) is 0 Å². The van der Waals surface area contributed by atoms with Gasteiger partial charge < -0.3 is 10.4 Å². The summed E-state index contributed by atoms with van der Waals surface area (Å²) in [7, 11) is 0. The number of rotatable bonds is 8. The number of hydrogen-bond donors (Lipinski definition) is 2. The Morgan fingerprint density at radius 2 is 2.18 bits per heavy atom. The van der Waals surface area contributed by atoms with E-state index in [1.54, 1.807) is 0 Å². The summed E-state index contributed by atoms with van der Waals surface area (Å²) in [5.74, 6) is 0.586. The van der Waals surface area contributed by atoms with E-state index in [1.807, 2.05) is 19.2 Å². The van der Waals surface area contributed by atoms with Gasteiger partial charge in [0.15, 0.2) is 0 Å². The van der Waals surface area contributed by atoms with E-state index in [0.29, 0.717) is 12.5 Å². The van der Waals surface area contributed by atoms with Gasteiger partial charge in [-0.1, -0.05) is 19.4 Å². The van der Waals surface area contributed by atoms with E-state index in [9.17, 15) is 0 Å². The van der Waals surface area contributed by atoms with Gasteiger partial charge in [-0.2, -0.15) is 0 Å². The van der Waals surface area contributed by atoms with Gasteiger partial charge in [0.2, 0.25) is 0 Å². The average molecular weight is 236 g/mol. The molecule has 96 valence electrons. The maximum atomic E-state index is 8.97. The molecule has 0 aromatic carbocycles. The minimum atomic E-state index is 0.290. The van der Waals surface area contributed by atoms with Crippen molar-refractivity contribution in [2.45, 2.75) is 39.7 Å². The van der Waals surface area contributed by atoms with Crippen LogP contribution in [0.4, 0.5) is 0 Å². The summed E-state index contributed by atoms with van der Waals surface area (Å²) in [4.78, 5) is 4.27. The lowest BCUT2D eigenvalue weighted by atomic mass is 10.0. The normalized spacial score (nSPS) is 12.6. The Morgan fingerprint density at radius 3 is 2.76 bits per heavy atom. The van der Waals surface area contributed by atoms with E-state index in [4.69, 9.17) is 5.11 Å².